The van der Waals surface area contributed by atoms with E-state index in [2.05, 4.69) is 81.5 Å². The number of carbonyl (C=O) groups is 3. The lowest BCUT2D eigenvalue weighted by Crippen LogP contribution is -2.30. The van der Waals surface area contributed by atoms with Crippen LogP contribution in [0.25, 0.3) is 0 Å². The van der Waals surface area contributed by atoms with Crippen LogP contribution in [0.4, 0.5) is 0 Å². The van der Waals surface area contributed by atoms with E-state index in [1.807, 2.05) is 0 Å². The summed E-state index contributed by atoms with van der Waals surface area (Å²) in [7, 11) is 0. The van der Waals surface area contributed by atoms with Gasteiger partial charge < -0.3 is 14.2 Å². The van der Waals surface area contributed by atoms with Gasteiger partial charge in [-0.3, -0.25) is 14.4 Å². The third kappa shape index (κ3) is 67.9. The predicted molar refractivity (Wildman–Crippen MR) is 358 cm³/mol. The molecule has 0 aliphatic heterocycles. The van der Waals surface area contributed by atoms with Gasteiger partial charge in [0.1, 0.15) is 13.2 Å². The molecule has 1 unspecified atom stereocenters. The summed E-state index contributed by atoms with van der Waals surface area (Å²) in [6, 6.07) is 0. The van der Waals surface area contributed by atoms with Crippen LogP contribution in [0.5, 0.6) is 0 Å². The number of hydrogen-bond donors (Lipinski definition) is 0. The topological polar surface area (TPSA) is 78.9 Å². The van der Waals surface area contributed by atoms with Crippen molar-refractivity contribution in [2.24, 2.45) is 0 Å². The summed E-state index contributed by atoms with van der Waals surface area (Å²) < 4.78 is 17.0. The van der Waals surface area contributed by atoms with Crippen molar-refractivity contribution in [2.45, 2.75) is 393 Å². The highest BCUT2D eigenvalue weighted by Gasteiger charge is 2.19. The Balaban J connectivity index is 4.20. The van der Waals surface area contributed by atoms with Gasteiger partial charge in [-0.25, -0.2) is 0 Å². The Morgan fingerprint density at radius 1 is 0.256 bits per heavy atom. The van der Waals surface area contributed by atoms with Gasteiger partial charge in [-0.05, 0) is 64.2 Å². The summed E-state index contributed by atoms with van der Waals surface area (Å²) in [5, 5.41) is 0. The van der Waals surface area contributed by atoms with Gasteiger partial charge in [0, 0.05) is 19.3 Å². The summed E-state index contributed by atoms with van der Waals surface area (Å²) in [4.78, 5) is 38.4. The Morgan fingerprint density at radius 2 is 0.476 bits per heavy atom. The van der Waals surface area contributed by atoms with Crippen LogP contribution in [-0.2, 0) is 28.6 Å². The van der Waals surface area contributed by atoms with Gasteiger partial charge in [0.25, 0.3) is 0 Å². The first-order valence-electron chi connectivity index (χ1n) is 36.3. The van der Waals surface area contributed by atoms with Gasteiger partial charge in [-0.15, -0.1) is 0 Å². The molecular weight excluding hydrogens is 1010 g/mol. The van der Waals surface area contributed by atoms with E-state index in [0.717, 1.165) is 96.3 Å². The van der Waals surface area contributed by atoms with Crippen molar-refractivity contribution < 1.29 is 28.6 Å². The summed E-state index contributed by atoms with van der Waals surface area (Å²) in [6.45, 7) is 6.57. The molecule has 0 aliphatic carbocycles. The molecule has 6 nitrogen and oxygen atoms in total. The van der Waals surface area contributed by atoms with Gasteiger partial charge in [0.05, 0.1) is 0 Å². The molecule has 6 heteroatoms. The van der Waals surface area contributed by atoms with Crippen LogP contribution in [0.15, 0.2) is 60.8 Å². The maximum Gasteiger partial charge on any atom is 0.306 e. The molecule has 0 heterocycles. The van der Waals surface area contributed by atoms with E-state index in [0.29, 0.717) is 19.3 Å². The highest BCUT2D eigenvalue weighted by Crippen LogP contribution is 2.19. The highest BCUT2D eigenvalue weighted by molar-refractivity contribution is 5.71. The van der Waals surface area contributed by atoms with Crippen LogP contribution < -0.4 is 0 Å². The number of unbranched alkanes of at least 4 members (excludes halogenated alkanes) is 46. The molecule has 1 atom stereocenters. The Kier molecular flexibility index (Phi) is 68.1. The first-order valence-corrected chi connectivity index (χ1v) is 36.3. The van der Waals surface area contributed by atoms with E-state index < -0.39 is 6.10 Å². The molecule has 0 aromatic carbocycles. The van der Waals surface area contributed by atoms with Crippen LogP contribution in [0.2, 0.25) is 0 Å². The van der Waals surface area contributed by atoms with Crippen LogP contribution >= 0.6 is 0 Å². The van der Waals surface area contributed by atoms with Crippen LogP contribution in [0.1, 0.15) is 387 Å². The van der Waals surface area contributed by atoms with Crippen molar-refractivity contribution in [1.29, 1.82) is 0 Å². The third-order valence-electron chi connectivity index (χ3n) is 16.3. The number of hydrogen-bond acceptors (Lipinski definition) is 6. The number of rotatable bonds is 67. The molecule has 82 heavy (non-hydrogen) atoms. The second-order valence-electron chi connectivity index (χ2n) is 24.5. The minimum atomic E-state index is -0.790. The van der Waals surface area contributed by atoms with Gasteiger partial charge in [-0.2, -0.15) is 0 Å². The first kappa shape index (κ1) is 79.1. The van der Waals surface area contributed by atoms with Crippen molar-refractivity contribution >= 4 is 17.9 Å². The maximum atomic E-state index is 12.9. The third-order valence-corrected chi connectivity index (χ3v) is 16.3. The molecule has 0 spiro atoms. The fourth-order valence-corrected chi connectivity index (χ4v) is 10.9. The average molecular weight is 1150 g/mol. The molecule has 0 aromatic heterocycles. The molecular formula is C76H138O6. The summed E-state index contributed by atoms with van der Waals surface area (Å²) >= 11 is 0. The van der Waals surface area contributed by atoms with Crippen molar-refractivity contribution in [2.75, 3.05) is 13.2 Å². The van der Waals surface area contributed by atoms with Crippen LogP contribution in [0.3, 0.4) is 0 Å². The minimum absolute atomic E-state index is 0.0829. The summed E-state index contributed by atoms with van der Waals surface area (Å²) in [5.41, 5.74) is 0. The zero-order chi connectivity index (χ0) is 59.2. The van der Waals surface area contributed by atoms with Crippen molar-refractivity contribution in [3.05, 3.63) is 60.8 Å². The van der Waals surface area contributed by atoms with E-state index in [1.165, 1.54) is 250 Å². The number of carbonyl (C=O) groups excluding carboxylic acids is 3. The zero-order valence-electron chi connectivity index (χ0n) is 55.0. The molecule has 0 amide bonds. The average Bonchev–Trinajstić information content (AvgIpc) is 3.47. The Labute approximate surface area is 510 Å². The van der Waals surface area contributed by atoms with Crippen molar-refractivity contribution in [3.63, 3.8) is 0 Å². The Morgan fingerprint density at radius 3 is 0.744 bits per heavy atom. The summed E-state index contributed by atoms with van der Waals surface area (Å²) in [5.74, 6) is -0.891. The number of ether oxygens (including phenoxy) is 3. The molecule has 478 valence electrons. The van der Waals surface area contributed by atoms with Gasteiger partial charge in [0.15, 0.2) is 6.10 Å². The fourth-order valence-electron chi connectivity index (χ4n) is 10.9. The van der Waals surface area contributed by atoms with Crippen LogP contribution in [-0.4, -0.2) is 37.2 Å². The predicted octanol–water partition coefficient (Wildman–Crippen LogP) is 25.1. The molecule has 0 saturated heterocycles. The molecule has 0 aliphatic rings. The highest BCUT2D eigenvalue weighted by atomic mass is 16.6. The standard InChI is InChI=1S/C76H138O6/c1-4-7-10-13-16-19-22-25-28-30-32-33-34-35-36-37-38-39-40-41-42-43-45-46-48-51-54-57-60-63-66-69-75(78)81-72-73(71-80-74(77)68-65-62-59-56-53-50-27-24-21-18-15-12-9-6-3)82-76(79)70-67-64-61-58-55-52-49-47-44-31-29-26-23-20-17-14-11-8-5-2/h8,11,17,20,26,29,44,47,52,55,73H,4-7,9-10,12-16,18-19,21-25,27-28,30-43,45-46,48-51,53-54,56-72H2,1-3H3/b11-8-,20-17-,29-26-,47-44-,55-52-. The van der Waals surface area contributed by atoms with Crippen molar-refractivity contribution in [1.82, 2.24) is 0 Å². The zero-order valence-corrected chi connectivity index (χ0v) is 55.0. The van der Waals surface area contributed by atoms with Crippen molar-refractivity contribution in [3.8, 4) is 0 Å². The van der Waals surface area contributed by atoms with Gasteiger partial charge in [0.2, 0.25) is 0 Å². The SMILES string of the molecule is CC/C=C\C/C=C\C/C=C\C/C=C\C/C=C\CCCCCC(=O)OC(COC(=O)CCCCCCCCCCCCCCCC)COC(=O)CCCCCCCCCCCCCCCCCCCCCCCCCCCCCCCCC. The first-order chi connectivity index (χ1) is 40.5. The minimum Gasteiger partial charge on any atom is -0.462 e. The monoisotopic (exact) mass is 1150 g/mol. The lowest BCUT2D eigenvalue weighted by Gasteiger charge is -2.18. The lowest BCUT2D eigenvalue weighted by molar-refractivity contribution is -0.167. The maximum absolute atomic E-state index is 12.9. The Bertz CT molecular complexity index is 1460. The molecule has 0 rings (SSSR count). The van der Waals surface area contributed by atoms with E-state index in [-0.39, 0.29) is 31.1 Å². The number of allylic oxidation sites excluding steroid dienone is 10. The largest absolute Gasteiger partial charge is 0.462 e. The quantitative estimate of drug-likeness (QED) is 0.0261. The number of esters is 3. The van der Waals surface area contributed by atoms with E-state index in [1.54, 1.807) is 0 Å². The second kappa shape index (κ2) is 70.6. The lowest BCUT2D eigenvalue weighted by atomic mass is 10.0. The molecule has 0 aromatic rings. The Hall–Kier alpha value is -2.89. The van der Waals surface area contributed by atoms with Gasteiger partial charge >= 0.3 is 17.9 Å². The van der Waals surface area contributed by atoms with E-state index >= 15 is 0 Å². The smallest absolute Gasteiger partial charge is 0.306 e. The van der Waals surface area contributed by atoms with Gasteiger partial charge in [-0.1, -0.05) is 364 Å². The fraction of sp³-hybridized carbons (Fsp3) is 0.829. The molecule has 0 fully saturated rings. The molecule has 0 radical (unpaired) electrons. The molecule has 0 bridgehead atoms. The molecule has 0 N–H and O–H groups in total. The van der Waals surface area contributed by atoms with E-state index in [4.69, 9.17) is 14.2 Å². The summed E-state index contributed by atoms with van der Waals surface area (Å²) in [6.07, 6.45) is 91.3. The normalized spacial score (nSPS) is 12.4. The molecule has 0 saturated carbocycles. The second-order valence-corrected chi connectivity index (χ2v) is 24.5. The van der Waals surface area contributed by atoms with E-state index in [9.17, 15) is 14.4 Å². The van der Waals surface area contributed by atoms with Crippen LogP contribution in [0, 0.1) is 0 Å².